The number of imidazole rings is 1. The molecule has 13 heteroatoms. The van der Waals surface area contributed by atoms with E-state index in [2.05, 4.69) is 25.9 Å². The standard InChI is InChI=1S/C21H28N6O7/c1-11(19(30)31)9-23-17(28)10-27-18(29)12(26-21(27)32)5-4-6-22-20-24-13-7-15(33-2)16(34-3)8-14(13)25-20/h7-8,11-12H,4-6,9-10H2,1-3H3,(H,23,28)(H,26,32)(H,30,31)(H2,22,24,25). The molecule has 1 aromatic carbocycles. The summed E-state index contributed by atoms with van der Waals surface area (Å²) in [7, 11) is 3.10. The van der Waals surface area contributed by atoms with Gasteiger partial charge in [-0.3, -0.25) is 19.3 Å². The maximum Gasteiger partial charge on any atom is 0.325 e. The van der Waals surface area contributed by atoms with Crippen LogP contribution in [0.4, 0.5) is 10.7 Å². The molecular weight excluding hydrogens is 448 g/mol. The minimum Gasteiger partial charge on any atom is -0.493 e. The van der Waals surface area contributed by atoms with Gasteiger partial charge in [0.05, 0.1) is 31.2 Å². The Balaban J connectivity index is 1.46. The van der Waals surface area contributed by atoms with E-state index in [1.54, 1.807) is 26.4 Å². The Morgan fingerprint density at radius 3 is 2.62 bits per heavy atom. The number of aliphatic carboxylic acids is 1. The van der Waals surface area contributed by atoms with E-state index in [1.165, 1.54) is 6.92 Å². The van der Waals surface area contributed by atoms with Crippen molar-refractivity contribution < 1.29 is 33.8 Å². The number of H-pyrrole nitrogens is 1. The number of imide groups is 1. The van der Waals surface area contributed by atoms with Crippen LogP contribution in [0.3, 0.4) is 0 Å². The smallest absolute Gasteiger partial charge is 0.325 e. The number of carbonyl (C=O) groups excluding carboxylic acids is 3. The van der Waals surface area contributed by atoms with Crippen molar-refractivity contribution in [3.63, 3.8) is 0 Å². The van der Waals surface area contributed by atoms with Gasteiger partial charge in [-0.2, -0.15) is 0 Å². The summed E-state index contributed by atoms with van der Waals surface area (Å²) in [4.78, 5) is 55.8. The number of aromatic nitrogens is 2. The highest BCUT2D eigenvalue weighted by Gasteiger charge is 2.38. The van der Waals surface area contributed by atoms with Crippen LogP contribution in [0.2, 0.25) is 0 Å². The predicted molar refractivity (Wildman–Crippen MR) is 121 cm³/mol. The lowest BCUT2D eigenvalue weighted by Gasteiger charge is -2.14. The fourth-order valence-electron chi connectivity index (χ4n) is 3.41. The van der Waals surface area contributed by atoms with E-state index in [0.29, 0.717) is 42.4 Å². The van der Waals surface area contributed by atoms with Gasteiger partial charge in [-0.05, 0) is 12.8 Å². The molecule has 0 saturated carbocycles. The Kier molecular flexibility index (Phi) is 7.76. The lowest BCUT2D eigenvalue weighted by molar-refractivity contribution is -0.141. The number of amides is 4. The second-order valence-electron chi connectivity index (χ2n) is 7.85. The van der Waals surface area contributed by atoms with Crippen LogP contribution in [0, 0.1) is 5.92 Å². The molecule has 1 aliphatic heterocycles. The van der Waals surface area contributed by atoms with E-state index >= 15 is 0 Å². The molecule has 13 nitrogen and oxygen atoms in total. The zero-order chi connectivity index (χ0) is 24.8. The maximum atomic E-state index is 12.5. The molecule has 4 amide bonds. The third-order valence-corrected chi connectivity index (χ3v) is 5.38. The molecule has 184 valence electrons. The number of nitrogens with zero attached hydrogens (tertiary/aromatic N) is 2. The molecule has 0 radical (unpaired) electrons. The molecule has 0 aliphatic carbocycles. The van der Waals surface area contributed by atoms with Gasteiger partial charge in [-0.15, -0.1) is 0 Å². The van der Waals surface area contributed by atoms with Crippen LogP contribution in [0.5, 0.6) is 11.5 Å². The van der Waals surface area contributed by atoms with Crippen LogP contribution in [0.15, 0.2) is 12.1 Å². The Labute approximate surface area is 195 Å². The molecule has 34 heavy (non-hydrogen) atoms. The summed E-state index contributed by atoms with van der Waals surface area (Å²) in [6.45, 7) is 1.38. The quantitative estimate of drug-likeness (QED) is 0.216. The second-order valence-corrected chi connectivity index (χ2v) is 7.85. The zero-order valence-corrected chi connectivity index (χ0v) is 19.1. The number of benzene rings is 1. The van der Waals surface area contributed by atoms with E-state index in [0.717, 1.165) is 10.4 Å². The van der Waals surface area contributed by atoms with E-state index in [1.807, 2.05) is 0 Å². The van der Waals surface area contributed by atoms with Gasteiger partial charge in [0, 0.05) is 25.2 Å². The van der Waals surface area contributed by atoms with Crippen LogP contribution < -0.4 is 25.4 Å². The van der Waals surface area contributed by atoms with E-state index in [-0.39, 0.29) is 6.54 Å². The van der Waals surface area contributed by atoms with Crippen molar-refractivity contribution in [3.8, 4) is 11.5 Å². The van der Waals surface area contributed by atoms with Gasteiger partial charge >= 0.3 is 12.0 Å². The first-order chi connectivity index (χ1) is 16.2. The zero-order valence-electron chi connectivity index (χ0n) is 19.1. The van der Waals surface area contributed by atoms with Crippen molar-refractivity contribution in [2.24, 2.45) is 5.92 Å². The van der Waals surface area contributed by atoms with Crippen molar-refractivity contribution in [3.05, 3.63) is 12.1 Å². The fraction of sp³-hybridized carbons (Fsp3) is 0.476. The topological polar surface area (TPSA) is 175 Å². The third-order valence-electron chi connectivity index (χ3n) is 5.38. The summed E-state index contributed by atoms with van der Waals surface area (Å²) >= 11 is 0. The van der Waals surface area contributed by atoms with Crippen LogP contribution in [0.1, 0.15) is 19.8 Å². The molecule has 2 aromatic rings. The summed E-state index contributed by atoms with van der Waals surface area (Å²) in [5.41, 5.74) is 1.47. The van der Waals surface area contributed by atoms with Crippen LogP contribution in [0.25, 0.3) is 11.0 Å². The van der Waals surface area contributed by atoms with E-state index < -0.39 is 42.3 Å². The number of carboxylic acid groups (broad SMARTS) is 1. The number of carboxylic acids is 1. The lowest BCUT2D eigenvalue weighted by Crippen LogP contribution is -2.42. The molecule has 1 aliphatic rings. The molecular formula is C21H28N6O7. The largest absolute Gasteiger partial charge is 0.493 e. The molecule has 1 aromatic heterocycles. The average molecular weight is 476 g/mol. The van der Waals surface area contributed by atoms with Gasteiger partial charge in [0.1, 0.15) is 12.6 Å². The number of ether oxygens (including phenoxy) is 2. The summed E-state index contributed by atoms with van der Waals surface area (Å²) in [5.74, 6) is -1.23. The lowest BCUT2D eigenvalue weighted by atomic mass is 10.1. The number of urea groups is 1. The van der Waals surface area contributed by atoms with Gasteiger partial charge in [0.15, 0.2) is 11.5 Å². The predicted octanol–water partition coefficient (Wildman–Crippen LogP) is 0.530. The van der Waals surface area contributed by atoms with Crippen molar-refractivity contribution >= 4 is 40.8 Å². The molecule has 2 heterocycles. The minimum atomic E-state index is -1.05. The SMILES string of the molecule is COc1cc2nc(NCCCC3NC(=O)N(CC(=O)NCC(C)C(=O)O)C3=O)[nH]c2cc1OC. The molecule has 2 unspecified atom stereocenters. The Bertz CT molecular complexity index is 1040. The van der Waals surface area contributed by atoms with Crippen molar-refractivity contribution in [2.45, 2.75) is 25.8 Å². The normalized spacial score (nSPS) is 16.3. The van der Waals surface area contributed by atoms with E-state index in [4.69, 9.17) is 14.6 Å². The van der Waals surface area contributed by atoms with E-state index in [9.17, 15) is 19.2 Å². The number of hydrogen-bond acceptors (Lipinski definition) is 8. The van der Waals surface area contributed by atoms with Crippen molar-refractivity contribution in [2.75, 3.05) is 39.2 Å². The van der Waals surface area contributed by atoms with Crippen LogP contribution in [-0.4, -0.2) is 83.7 Å². The summed E-state index contributed by atoms with van der Waals surface area (Å²) in [6.07, 6.45) is 0.921. The maximum absolute atomic E-state index is 12.5. The van der Waals surface area contributed by atoms with Crippen LogP contribution >= 0.6 is 0 Å². The molecule has 0 spiro atoms. The second kappa shape index (κ2) is 10.7. The first-order valence-electron chi connectivity index (χ1n) is 10.7. The first kappa shape index (κ1) is 24.6. The first-order valence-corrected chi connectivity index (χ1v) is 10.7. The number of anilines is 1. The number of nitrogens with one attached hydrogen (secondary N) is 4. The van der Waals surface area contributed by atoms with Crippen LogP contribution in [-0.2, 0) is 14.4 Å². The number of rotatable bonds is 12. The highest BCUT2D eigenvalue weighted by molar-refractivity contribution is 6.06. The molecule has 1 saturated heterocycles. The molecule has 3 rings (SSSR count). The average Bonchev–Trinajstić information content (AvgIpc) is 3.33. The molecule has 0 bridgehead atoms. The summed E-state index contributed by atoms with van der Waals surface area (Å²) in [5, 5.41) is 17.0. The molecule has 2 atom stereocenters. The van der Waals surface area contributed by atoms with Gasteiger partial charge in [-0.1, -0.05) is 6.92 Å². The Hall–Kier alpha value is -4.03. The Morgan fingerprint density at radius 1 is 1.24 bits per heavy atom. The van der Waals surface area contributed by atoms with Gasteiger partial charge in [0.2, 0.25) is 11.9 Å². The van der Waals surface area contributed by atoms with Crippen molar-refractivity contribution in [1.29, 1.82) is 0 Å². The molecule has 5 N–H and O–H groups in total. The monoisotopic (exact) mass is 476 g/mol. The van der Waals surface area contributed by atoms with Gasteiger partial charge in [-0.25, -0.2) is 9.78 Å². The highest BCUT2D eigenvalue weighted by Crippen LogP contribution is 2.31. The Morgan fingerprint density at radius 2 is 1.94 bits per heavy atom. The summed E-state index contributed by atoms with van der Waals surface area (Å²) in [6, 6.07) is 2.16. The van der Waals surface area contributed by atoms with Gasteiger partial charge in [0.25, 0.3) is 5.91 Å². The minimum absolute atomic E-state index is 0.0890. The number of aromatic amines is 1. The number of methoxy groups -OCH3 is 2. The number of hydrogen-bond donors (Lipinski definition) is 5. The number of carbonyl (C=O) groups is 4. The summed E-state index contributed by atoms with van der Waals surface area (Å²) < 4.78 is 10.6. The van der Waals surface area contributed by atoms with Crippen molar-refractivity contribution in [1.82, 2.24) is 25.5 Å². The molecule has 1 fully saturated rings. The van der Waals surface area contributed by atoms with Gasteiger partial charge < -0.3 is 35.5 Å². The number of fused-ring (bicyclic) bond motifs is 1. The fourth-order valence-corrected chi connectivity index (χ4v) is 3.41. The third kappa shape index (κ3) is 5.66. The highest BCUT2D eigenvalue weighted by atomic mass is 16.5.